The lowest BCUT2D eigenvalue weighted by Gasteiger charge is -1.99. The van der Waals surface area contributed by atoms with Gasteiger partial charge < -0.3 is 4.74 Å². The first-order valence-corrected chi connectivity index (χ1v) is 8.00. The first-order valence-electron chi connectivity index (χ1n) is 7.12. The lowest BCUT2D eigenvalue weighted by atomic mass is 10.1. The second-order valence-corrected chi connectivity index (χ2v) is 5.80. The van der Waals surface area contributed by atoms with Crippen LogP contribution < -0.4 is 0 Å². The first-order chi connectivity index (χ1) is 11.7. The fraction of sp³-hybridized carbons (Fsp3) is 0.0556. The van der Waals surface area contributed by atoms with Crippen LogP contribution in [0.25, 0.3) is 22.3 Å². The van der Waals surface area contributed by atoms with Gasteiger partial charge >= 0.3 is 5.97 Å². The Morgan fingerprint density at radius 3 is 2.71 bits per heavy atom. The number of esters is 1. The van der Waals surface area contributed by atoms with Gasteiger partial charge in [0.15, 0.2) is 0 Å². The number of methoxy groups -OCH3 is 1. The number of carbonyl (C=O) groups is 1. The largest absolute Gasteiger partial charge is 0.465 e. The van der Waals surface area contributed by atoms with Gasteiger partial charge in [0.1, 0.15) is 17.3 Å². The van der Waals surface area contributed by atoms with Crippen molar-refractivity contribution in [3.8, 4) is 22.3 Å². The summed E-state index contributed by atoms with van der Waals surface area (Å²) in [6.07, 6.45) is 3.30. The maximum atomic E-state index is 11.7. The molecule has 0 saturated heterocycles. The summed E-state index contributed by atoms with van der Waals surface area (Å²) >= 11 is 1.54. The molecule has 0 spiro atoms. The Balaban J connectivity index is 2.14. The van der Waals surface area contributed by atoms with E-state index in [0.717, 1.165) is 10.6 Å². The molecule has 2 heterocycles. The number of hydrogen-bond acceptors (Lipinski definition) is 5. The molecule has 0 atom stereocenters. The fourth-order valence-electron chi connectivity index (χ4n) is 2.21. The number of nitriles is 1. The molecule has 6 heteroatoms. The Labute approximate surface area is 143 Å². The van der Waals surface area contributed by atoms with Crippen molar-refractivity contribution < 1.29 is 9.53 Å². The Hall–Kier alpha value is -3.17. The molecule has 0 N–H and O–H groups in total. The van der Waals surface area contributed by atoms with Crippen molar-refractivity contribution in [3.05, 3.63) is 65.2 Å². The predicted molar refractivity (Wildman–Crippen MR) is 92.5 cm³/mol. The van der Waals surface area contributed by atoms with Gasteiger partial charge in [0.05, 0.1) is 17.7 Å². The van der Waals surface area contributed by atoms with Gasteiger partial charge in [-0.25, -0.2) is 9.48 Å². The summed E-state index contributed by atoms with van der Waals surface area (Å²) in [5.41, 5.74) is 2.23. The highest BCUT2D eigenvalue weighted by Crippen LogP contribution is 2.29. The summed E-state index contributed by atoms with van der Waals surface area (Å²) in [4.78, 5) is 12.6. The lowest BCUT2D eigenvalue weighted by molar-refractivity contribution is -0.135. The van der Waals surface area contributed by atoms with E-state index < -0.39 is 5.97 Å². The van der Waals surface area contributed by atoms with Crippen LogP contribution in [-0.4, -0.2) is 22.9 Å². The maximum Gasteiger partial charge on any atom is 0.348 e. The molecule has 0 bridgehead atoms. The molecule has 24 heavy (non-hydrogen) atoms. The van der Waals surface area contributed by atoms with Crippen LogP contribution in [0.5, 0.6) is 0 Å². The minimum atomic E-state index is -0.665. The molecule has 118 valence electrons. The number of ether oxygens (including phenoxy) is 1. The number of hydrogen-bond donors (Lipinski definition) is 0. The highest BCUT2D eigenvalue weighted by atomic mass is 32.1. The van der Waals surface area contributed by atoms with E-state index >= 15 is 0 Å². The first kappa shape index (κ1) is 15.7. The molecule has 2 aromatic heterocycles. The number of carbonyl (C=O) groups excluding carboxylic acids is 1. The van der Waals surface area contributed by atoms with Crippen molar-refractivity contribution in [3.63, 3.8) is 0 Å². The van der Waals surface area contributed by atoms with E-state index in [4.69, 9.17) is 0 Å². The van der Waals surface area contributed by atoms with Crippen LogP contribution in [0, 0.1) is 11.3 Å². The summed E-state index contributed by atoms with van der Waals surface area (Å²) < 4.78 is 6.37. The molecule has 0 radical (unpaired) electrons. The standard InChI is InChI=1S/C18H13N3O2S/c1-23-18(22)13(11-19)10-14-12-21(15-6-3-2-4-7-15)20-17(14)16-8-5-9-24-16/h2-10,12H,1H3/b13-10-. The SMILES string of the molecule is COC(=O)/C(C#N)=C\c1cn(-c2ccccc2)nc1-c1cccs1. The minimum Gasteiger partial charge on any atom is -0.465 e. The van der Waals surface area contributed by atoms with Crippen molar-refractivity contribution in [2.24, 2.45) is 0 Å². The Kier molecular flexibility index (Phi) is 4.54. The van der Waals surface area contributed by atoms with Gasteiger partial charge in [-0.3, -0.25) is 0 Å². The highest BCUT2D eigenvalue weighted by Gasteiger charge is 2.15. The smallest absolute Gasteiger partial charge is 0.348 e. The van der Waals surface area contributed by atoms with E-state index in [2.05, 4.69) is 9.84 Å². The van der Waals surface area contributed by atoms with Crippen LogP contribution >= 0.6 is 11.3 Å². The van der Waals surface area contributed by atoms with Crippen LogP contribution in [0.1, 0.15) is 5.56 Å². The number of benzene rings is 1. The number of rotatable bonds is 4. The second kappa shape index (κ2) is 6.94. The third kappa shape index (κ3) is 3.12. The van der Waals surface area contributed by atoms with Gasteiger partial charge in [-0.2, -0.15) is 10.4 Å². The van der Waals surface area contributed by atoms with Crippen LogP contribution in [0.2, 0.25) is 0 Å². The molecule has 1 aromatic carbocycles. The number of nitrogens with zero attached hydrogens (tertiary/aromatic N) is 3. The quantitative estimate of drug-likeness (QED) is 0.414. The van der Waals surface area contributed by atoms with Gasteiger partial charge in [0, 0.05) is 11.8 Å². The van der Waals surface area contributed by atoms with E-state index in [1.54, 1.807) is 22.2 Å². The van der Waals surface area contributed by atoms with Gasteiger partial charge in [-0.05, 0) is 29.7 Å². The summed E-state index contributed by atoms with van der Waals surface area (Å²) in [5.74, 6) is -0.665. The van der Waals surface area contributed by atoms with E-state index in [9.17, 15) is 10.1 Å². The van der Waals surface area contributed by atoms with Crippen molar-refractivity contribution in [1.29, 1.82) is 5.26 Å². The topological polar surface area (TPSA) is 67.9 Å². The highest BCUT2D eigenvalue weighted by molar-refractivity contribution is 7.13. The number of para-hydroxylation sites is 1. The Morgan fingerprint density at radius 2 is 2.08 bits per heavy atom. The monoisotopic (exact) mass is 335 g/mol. The molecule has 0 amide bonds. The van der Waals surface area contributed by atoms with Gasteiger partial charge in [0.25, 0.3) is 0 Å². The minimum absolute atomic E-state index is 0.0667. The molecule has 3 aromatic rings. The Morgan fingerprint density at radius 1 is 1.29 bits per heavy atom. The van der Waals surface area contributed by atoms with Crippen molar-refractivity contribution in [2.75, 3.05) is 7.11 Å². The van der Waals surface area contributed by atoms with E-state index in [-0.39, 0.29) is 5.57 Å². The van der Waals surface area contributed by atoms with Crippen LogP contribution in [0.4, 0.5) is 0 Å². The molecular weight excluding hydrogens is 322 g/mol. The predicted octanol–water partition coefficient (Wildman–Crippen LogP) is 3.68. The average Bonchev–Trinajstić information content (AvgIpc) is 3.29. The van der Waals surface area contributed by atoms with Crippen LogP contribution in [-0.2, 0) is 9.53 Å². The number of thiophene rings is 1. The zero-order valence-corrected chi connectivity index (χ0v) is 13.7. The maximum absolute atomic E-state index is 11.7. The zero-order chi connectivity index (χ0) is 16.9. The summed E-state index contributed by atoms with van der Waals surface area (Å²) in [6.45, 7) is 0. The molecule has 3 rings (SSSR count). The van der Waals surface area contributed by atoms with Gasteiger partial charge in [0.2, 0.25) is 0 Å². The third-order valence-corrected chi connectivity index (χ3v) is 4.22. The van der Waals surface area contributed by atoms with E-state index in [1.165, 1.54) is 13.2 Å². The van der Waals surface area contributed by atoms with Crippen molar-refractivity contribution in [2.45, 2.75) is 0 Å². The normalized spacial score (nSPS) is 11.1. The van der Waals surface area contributed by atoms with Crippen molar-refractivity contribution >= 4 is 23.4 Å². The third-order valence-electron chi connectivity index (χ3n) is 3.34. The lowest BCUT2D eigenvalue weighted by Crippen LogP contribution is -2.02. The second-order valence-electron chi connectivity index (χ2n) is 4.85. The summed E-state index contributed by atoms with van der Waals surface area (Å²) in [6, 6.07) is 15.4. The zero-order valence-electron chi connectivity index (χ0n) is 12.8. The average molecular weight is 335 g/mol. The number of aromatic nitrogens is 2. The summed E-state index contributed by atoms with van der Waals surface area (Å²) in [7, 11) is 1.25. The molecule has 0 aliphatic rings. The molecule has 0 aliphatic carbocycles. The Bertz CT molecular complexity index is 919. The van der Waals surface area contributed by atoms with Gasteiger partial charge in [-0.1, -0.05) is 24.3 Å². The van der Waals surface area contributed by atoms with Crippen molar-refractivity contribution in [1.82, 2.24) is 9.78 Å². The fourth-order valence-corrected chi connectivity index (χ4v) is 2.94. The molecule has 0 aliphatic heterocycles. The molecular formula is C18H13N3O2S. The molecule has 0 saturated carbocycles. The van der Waals surface area contributed by atoms with E-state index in [0.29, 0.717) is 11.3 Å². The molecule has 5 nitrogen and oxygen atoms in total. The van der Waals surface area contributed by atoms with E-state index in [1.807, 2.05) is 53.9 Å². The molecule has 0 unspecified atom stereocenters. The van der Waals surface area contributed by atoms with Crippen LogP contribution in [0.3, 0.4) is 0 Å². The van der Waals surface area contributed by atoms with Gasteiger partial charge in [-0.15, -0.1) is 11.3 Å². The summed E-state index contributed by atoms with van der Waals surface area (Å²) in [5, 5.41) is 15.8. The molecule has 0 fully saturated rings. The van der Waals surface area contributed by atoms with Crippen LogP contribution in [0.15, 0.2) is 59.6 Å².